The van der Waals surface area contributed by atoms with Crippen molar-refractivity contribution in [3.05, 3.63) is 48.0 Å². The van der Waals surface area contributed by atoms with Crippen molar-refractivity contribution in [3.63, 3.8) is 0 Å². The second-order valence-electron chi connectivity index (χ2n) is 4.28. The van der Waals surface area contributed by atoms with Crippen molar-refractivity contribution in [2.24, 2.45) is 0 Å². The quantitative estimate of drug-likeness (QED) is 0.760. The number of carbonyl (C=O) groups excluding carboxylic acids is 1. The highest BCUT2D eigenvalue weighted by atomic mass is 16.5. The lowest BCUT2D eigenvalue weighted by molar-refractivity contribution is -0.145. The Bertz CT molecular complexity index is 540. The second-order valence-corrected chi connectivity index (χ2v) is 4.28. The molecule has 0 aliphatic carbocycles. The first-order valence-corrected chi connectivity index (χ1v) is 6.42. The summed E-state index contributed by atoms with van der Waals surface area (Å²) in [5, 5.41) is 2.30. The number of esters is 1. The van der Waals surface area contributed by atoms with Crippen LogP contribution in [0.2, 0.25) is 0 Å². The van der Waals surface area contributed by atoms with Crippen LogP contribution in [-0.4, -0.2) is 12.6 Å². The van der Waals surface area contributed by atoms with Crippen LogP contribution in [0.25, 0.3) is 10.8 Å². The van der Waals surface area contributed by atoms with Gasteiger partial charge in [-0.05, 0) is 29.7 Å². The maximum Gasteiger partial charge on any atom is 0.313 e. The number of hydrogen-bond acceptors (Lipinski definition) is 2. The van der Waals surface area contributed by atoms with Crippen molar-refractivity contribution in [3.8, 4) is 0 Å². The van der Waals surface area contributed by atoms with Gasteiger partial charge >= 0.3 is 5.97 Å². The van der Waals surface area contributed by atoms with Gasteiger partial charge in [0.25, 0.3) is 0 Å². The fraction of sp³-hybridized carbons (Fsp3) is 0.312. The highest BCUT2D eigenvalue weighted by Crippen LogP contribution is 2.28. The van der Waals surface area contributed by atoms with Crippen LogP contribution in [-0.2, 0) is 9.53 Å². The van der Waals surface area contributed by atoms with Crippen LogP contribution in [0.4, 0.5) is 0 Å². The molecule has 0 aromatic heterocycles. The molecular formula is C16H18O2. The molecule has 0 amide bonds. The lowest BCUT2D eigenvalue weighted by atomic mass is 9.91. The van der Waals surface area contributed by atoms with Gasteiger partial charge in [-0.15, -0.1) is 0 Å². The summed E-state index contributed by atoms with van der Waals surface area (Å²) in [6.45, 7) is 4.29. The molecule has 2 aromatic rings. The summed E-state index contributed by atoms with van der Waals surface area (Å²) in [5.74, 6) is -0.299. The summed E-state index contributed by atoms with van der Waals surface area (Å²) in [7, 11) is 0. The fourth-order valence-electron chi connectivity index (χ4n) is 2.31. The third-order valence-electron chi connectivity index (χ3n) is 3.18. The standard InChI is InChI=1S/C16H18O2/c1-3-13(16(17)18-4-2)15-11-7-9-12-8-5-6-10-14(12)15/h5-11,13H,3-4H2,1-2H3. The van der Waals surface area contributed by atoms with Crippen LogP contribution in [0.3, 0.4) is 0 Å². The third kappa shape index (κ3) is 2.37. The molecule has 2 aromatic carbocycles. The summed E-state index contributed by atoms with van der Waals surface area (Å²) in [5.41, 5.74) is 1.06. The zero-order chi connectivity index (χ0) is 13.0. The molecular weight excluding hydrogens is 224 g/mol. The molecule has 1 atom stereocenters. The van der Waals surface area contributed by atoms with E-state index in [1.54, 1.807) is 0 Å². The van der Waals surface area contributed by atoms with E-state index in [-0.39, 0.29) is 11.9 Å². The molecule has 94 valence electrons. The summed E-state index contributed by atoms with van der Waals surface area (Å²) in [6.07, 6.45) is 0.757. The molecule has 0 saturated heterocycles. The van der Waals surface area contributed by atoms with Crippen LogP contribution >= 0.6 is 0 Å². The van der Waals surface area contributed by atoms with Gasteiger partial charge < -0.3 is 4.74 Å². The van der Waals surface area contributed by atoms with Crippen molar-refractivity contribution in [1.82, 2.24) is 0 Å². The van der Waals surface area contributed by atoms with E-state index in [9.17, 15) is 4.79 Å². The number of rotatable bonds is 4. The Labute approximate surface area is 108 Å². The van der Waals surface area contributed by atoms with Crippen LogP contribution < -0.4 is 0 Å². The molecule has 18 heavy (non-hydrogen) atoms. The average molecular weight is 242 g/mol. The number of hydrogen-bond donors (Lipinski definition) is 0. The molecule has 0 N–H and O–H groups in total. The van der Waals surface area contributed by atoms with Gasteiger partial charge in [0.15, 0.2) is 0 Å². The van der Waals surface area contributed by atoms with E-state index in [2.05, 4.69) is 18.2 Å². The van der Waals surface area contributed by atoms with Gasteiger partial charge in [-0.25, -0.2) is 0 Å². The number of benzene rings is 2. The van der Waals surface area contributed by atoms with E-state index in [0.29, 0.717) is 6.61 Å². The third-order valence-corrected chi connectivity index (χ3v) is 3.18. The zero-order valence-electron chi connectivity index (χ0n) is 10.8. The Morgan fingerprint density at radius 2 is 1.83 bits per heavy atom. The first-order chi connectivity index (χ1) is 8.77. The first-order valence-electron chi connectivity index (χ1n) is 6.42. The highest BCUT2D eigenvalue weighted by Gasteiger charge is 2.21. The summed E-state index contributed by atoms with van der Waals surface area (Å²) in [6, 6.07) is 14.2. The molecule has 0 radical (unpaired) electrons. The maximum absolute atomic E-state index is 12.0. The minimum atomic E-state index is -0.170. The van der Waals surface area contributed by atoms with Crippen LogP contribution in [0.15, 0.2) is 42.5 Å². The molecule has 1 unspecified atom stereocenters. The van der Waals surface area contributed by atoms with Gasteiger partial charge in [-0.2, -0.15) is 0 Å². The predicted octanol–water partition coefficient (Wildman–Crippen LogP) is 3.90. The SMILES string of the molecule is CCOC(=O)C(CC)c1cccc2ccccc12. The monoisotopic (exact) mass is 242 g/mol. The molecule has 0 saturated carbocycles. The fourth-order valence-corrected chi connectivity index (χ4v) is 2.31. The van der Waals surface area contributed by atoms with E-state index in [0.717, 1.165) is 22.8 Å². The van der Waals surface area contributed by atoms with Crippen molar-refractivity contribution in [2.75, 3.05) is 6.61 Å². The van der Waals surface area contributed by atoms with Gasteiger partial charge in [0, 0.05) is 0 Å². The van der Waals surface area contributed by atoms with Crippen molar-refractivity contribution in [2.45, 2.75) is 26.2 Å². The maximum atomic E-state index is 12.0. The minimum absolute atomic E-state index is 0.128. The smallest absolute Gasteiger partial charge is 0.313 e. The molecule has 0 fully saturated rings. The van der Waals surface area contributed by atoms with E-state index < -0.39 is 0 Å². The van der Waals surface area contributed by atoms with Gasteiger partial charge in [0.1, 0.15) is 0 Å². The highest BCUT2D eigenvalue weighted by molar-refractivity contribution is 5.91. The Kier molecular flexibility index (Phi) is 3.98. The average Bonchev–Trinajstić information content (AvgIpc) is 2.40. The van der Waals surface area contributed by atoms with Gasteiger partial charge in [-0.1, -0.05) is 49.4 Å². The molecule has 0 spiro atoms. The van der Waals surface area contributed by atoms with Crippen LogP contribution in [0.5, 0.6) is 0 Å². The Morgan fingerprint density at radius 3 is 2.56 bits per heavy atom. The number of fused-ring (bicyclic) bond motifs is 1. The molecule has 2 nitrogen and oxygen atoms in total. The van der Waals surface area contributed by atoms with Gasteiger partial charge in [0.05, 0.1) is 12.5 Å². The lowest BCUT2D eigenvalue weighted by Gasteiger charge is -2.16. The Morgan fingerprint density at radius 1 is 1.11 bits per heavy atom. The van der Waals surface area contributed by atoms with Crippen molar-refractivity contribution in [1.29, 1.82) is 0 Å². The van der Waals surface area contributed by atoms with Gasteiger partial charge in [0.2, 0.25) is 0 Å². The van der Waals surface area contributed by atoms with E-state index >= 15 is 0 Å². The molecule has 2 rings (SSSR count). The summed E-state index contributed by atoms with van der Waals surface area (Å²) >= 11 is 0. The van der Waals surface area contributed by atoms with Crippen molar-refractivity contribution < 1.29 is 9.53 Å². The zero-order valence-corrected chi connectivity index (χ0v) is 10.8. The number of carbonyl (C=O) groups is 1. The van der Waals surface area contributed by atoms with E-state index in [1.165, 1.54) is 0 Å². The largest absolute Gasteiger partial charge is 0.466 e. The summed E-state index contributed by atoms with van der Waals surface area (Å²) in [4.78, 5) is 12.0. The molecule has 2 heteroatoms. The normalized spacial score (nSPS) is 12.3. The van der Waals surface area contributed by atoms with E-state index in [4.69, 9.17) is 4.74 Å². The number of ether oxygens (including phenoxy) is 1. The molecule has 0 heterocycles. The van der Waals surface area contributed by atoms with Crippen LogP contribution in [0, 0.1) is 0 Å². The molecule has 0 aliphatic rings. The van der Waals surface area contributed by atoms with Crippen molar-refractivity contribution >= 4 is 16.7 Å². The molecule has 0 bridgehead atoms. The first kappa shape index (κ1) is 12.6. The topological polar surface area (TPSA) is 26.3 Å². The lowest BCUT2D eigenvalue weighted by Crippen LogP contribution is -2.15. The minimum Gasteiger partial charge on any atom is -0.466 e. The Hall–Kier alpha value is -1.83. The predicted molar refractivity (Wildman–Crippen MR) is 73.6 cm³/mol. The molecule has 0 aliphatic heterocycles. The van der Waals surface area contributed by atoms with E-state index in [1.807, 2.05) is 38.1 Å². The second kappa shape index (κ2) is 5.67. The summed E-state index contributed by atoms with van der Waals surface area (Å²) < 4.78 is 5.16. The van der Waals surface area contributed by atoms with Crippen LogP contribution in [0.1, 0.15) is 31.7 Å². The Balaban J connectivity index is 2.48. The van der Waals surface area contributed by atoms with Gasteiger partial charge in [-0.3, -0.25) is 4.79 Å².